The van der Waals surface area contributed by atoms with Crippen molar-refractivity contribution in [2.24, 2.45) is 0 Å². The van der Waals surface area contributed by atoms with Gasteiger partial charge in [0.2, 0.25) is 0 Å². The largest absolute Gasteiger partial charge is 0.227 e. The molecule has 0 amide bonds. The summed E-state index contributed by atoms with van der Waals surface area (Å²) in [4.78, 5) is 10.1. The maximum absolute atomic E-state index is 5.03. The second-order valence-corrected chi connectivity index (χ2v) is 22.2. The third kappa shape index (κ3) is 4.73. The van der Waals surface area contributed by atoms with Crippen LogP contribution in [0.25, 0.3) is 42.0 Å². The quantitative estimate of drug-likeness (QED) is 0.116. The van der Waals surface area contributed by atoms with Gasteiger partial charge in [-0.25, -0.2) is 9.97 Å². The Hall–Kier alpha value is -2.49. The number of aromatic nitrogens is 2. The van der Waals surface area contributed by atoms with Crippen LogP contribution in [0.15, 0.2) is 36.4 Å². The molecule has 194 valence electrons. The number of thiazole rings is 2. The van der Waals surface area contributed by atoms with E-state index >= 15 is 0 Å². The van der Waals surface area contributed by atoms with Crippen molar-refractivity contribution in [2.45, 2.75) is 77.8 Å². The Labute approximate surface area is 236 Å². The van der Waals surface area contributed by atoms with Gasteiger partial charge in [0.05, 0.1) is 20.4 Å². The molecule has 6 heteroatoms. The summed E-state index contributed by atoms with van der Waals surface area (Å²) in [5.41, 5.74) is 9.56. The standard InChI is InChI=1S/C32H36N2S2Si2/c1-7-37(8-2,9-3)21-19-29-33-31-25-13-14-26-24(23(25)15-17-27(31)35-29)16-18-28-32(26)34-30(36-28)20-22-38(10-4,11-5)12-6/h13-18H,7-12H2,1-6H3. The van der Waals surface area contributed by atoms with Crippen molar-refractivity contribution in [3.8, 4) is 22.9 Å². The van der Waals surface area contributed by atoms with Crippen molar-refractivity contribution in [1.29, 1.82) is 0 Å². The number of benzene rings is 3. The highest BCUT2D eigenvalue weighted by Gasteiger charge is 2.25. The molecule has 0 aliphatic carbocycles. The highest BCUT2D eigenvalue weighted by atomic mass is 32.1. The van der Waals surface area contributed by atoms with Gasteiger partial charge in [-0.2, -0.15) is 0 Å². The van der Waals surface area contributed by atoms with E-state index in [0.717, 1.165) is 21.0 Å². The highest BCUT2D eigenvalue weighted by molar-refractivity contribution is 7.19. The van der Waals surface area contributed by atoms with E-state index in [1.54, 1.807) is 22.7 Å². The van der Waals surface area contributed by atoms with Crippen LogP contribution in [0.1, 0.15) is 51.6 Å². The van der Waals surface area contributed by atoms with Gasteiger partial charge in [0.25, 0.3) is 0 Å². The van der Waals surface area contributed by atoms with Crippen molar-refractivity contribution in [1.82, 2.24) is 9.97 Å². The maximum Gasteiger partial charge on any atom is 0.167 e. The van der Waals surface area contributed by atoms with Crippen LogP contribution in [0.2, 0.25) is 36.3 Å². The minimum Gasteiger partial charge on any atom is -0.227 e. The van der Waals surface area contributed by atoms with E-state index in [9.17, 15) is 0 Å². The smallest absolute Gasteiger partial charge is 0.167 e. The van der Waals surface area contributed by atoms with E-state index < -0.39 is 16.1 Å². The van der Waals surface area contributed by atoms with Crippen LogP contribution in [-0.2, 0) is 0 Å². The fraction of sp³-hybridized carbons (Fsp3) is 0.375. The normalized spacial score (nSPS) is 12.2. The second-order valence-electron chi connectivity index (χ2n) is 10.3. The fourth-order valence-corrected chi connectivity index (χ4v) is 12.2. The van der Waals surface area contributed by atoms with Crippen LogP contribution in [0.5, 0.6) is 0 Å². The molecule has 38 heavy (non-hydrogen) atoms. The molecule has 0 saturated heterocycles. The van der Waals surface area contributed by atoms with Gasteiger partial charge in [-0.05, 0) is 71.0 Å². The van der Waals surface area contributed by atoms with Gasteiger partial charge in [-0.15, -0.1) is 33.8 Å². The molecule has 2 heterocycles. The van der Waals surface area contributed by atoms with E-state index in [2.05, 4.69) is 101 Å². The summed E-state index contributed by atoms with van der Waals surface area (Å²) in [6.07, 6.45) is 0. The molecule has 3 aromatic carbocycles. The first-order valence-corrected chi connectivity index (χ1v) is 20.9. The van der Waals surface area contributed by atoms with Crippen LogP contribution in [-0.4, -0.2) is 26.1 Å². The van der Waals surface area contributed by atoms with Crippen molar-refractivity contribution >= 4 is 80.8 Å². The molecule has 0 atom stereocenters. The van der Waals surface area contributed by atoms with E-state index in [-0.39, 0.29) is 0 Å². The third-order valence-electron chi connectivity index (χ3n) is 8.84. The van der Waals surface area contributed by atoms with Crippen LogP contribution in [0, 0.1) is 22.9 Å². The van der Waals surface area contributed by atoms with Gasteiger partial charge >= 0.3 is 0 Å². The number of hydrogen-bond acceptors (Lipinski definition) is 4. The van der Waals surface area contributed by atoms with Crippen LogP contribution in [0.4, 0.5) is 0 Å². The SMILES string of the molecule is CC[Si](C#Cc1nc2c(ccc3c4ccc5sc(C#C[Si](CC)(CC)CC)nc5c4ccc32)s1)(CC)CC. The molecule has 5 rings (SSSR count). The van der Waals surface area contributed by atoms with Crippen LogP contribution < -0.4 is 0 Å². The molecule has 0 fully saturated rings. The summed E-state index contributed by atoms with van der Waals surface area (Å²) in [5, 5.41) is 6.76. The predicted molar refractivity (Wildman–Crippen MR) is 176 cm³/mol. The van der Waals surface area contributed by atoms with Crippen molar-refractivity contribution in [3.05, 3.63) is 46.4 Å². The first-order valence-electron chi connectivity index (χ1n) is 14.1. The molecule has 0 saturated carbocycles. The minimum atomic E-state index is -1.49. The maximum atomic E-state index is 5.03. The average Bonchev–Trinajstić information content (AvgIpc) is 3.59. The zero-order chi connectivity index (χ0) is 26.9. The van der Waals surface area contributed by atoms with E-state index in [4.69, 9.17) is 9.97 Å². The molecular formula is C32H36N2S2Si2. The molecule has 2 aromatic heterocycles. The summed E-state index contributed by atoms with van der Waals surface area (Å²) >= 11 is 3.45. The molecule has 0 unspecified atom stereocenters. The lowest BCUT2D eigenvalue weighted by Crippen LogP contribution is -2.29. The molecule has 0 N–H and O–H groups in total. The molecule has 2 nitrogen and oxygen atoms in total. The van der Waals surface area contributed by atoms with Gasteiger partial charge in [0, 0.05) is 10.8 Å². The van der Waals surface area contributed by atoms with Crippen molar-refractivity contribution in [2.75, 3.05) is 0 Å². The summed E-state index contributed by atoms with van der Waals surface area (Å²) in [6.45, 7) is 13.8. The lowest BCUT2D eigenvalue weighted by molar-refractivity contribution is 1.20. The molecular weight excluding hydrogens is 533 g/mol. The Morgan fingerprint density at radius 2 is 0.868 bits per heavy atom. The second kappa shape index (κ2) is 10.9. The minimum absolute atomic E-state index is 0.948. The van der Waals surface area contributed by atoms with E-state index in [0.29, 0.717) is 0 Å². The molecule has 5 aromatic rings. The first kappa shape index (κ1) is 27.1. The van der Waals surface area contributed by atoms with E-state index in [1.807, 2.05) is 0 Å². The van der Waals surface area contributed by atoms with Gasteiger partial charge in [0.15, 0.2) is 10.0 Å². The van der Waals surface area contributed by atoms with Crippen LogP contribution >= 0.6 is 22.7 Å². The average molecular weight is 569 g/mol. The predicted octanol–water partition coefficient (Wildman–Crippen LogP) is 10.0. The number of rotatable bonds is 6. The Bertz CT molecular complexity index is 1620. The van der Waals surface area contributed by atoms with Gasteiger partial charge in [-0.1, -0.05) is 65.8 Å². The molecule has 0 bridgehead atoms. The van der Waals surface area contributed by atoms with Crippen molar-refractivity contribution in [3.63, 3.8) is 0 Å². The number of nitrogens with zero attached hydrogens (tertiary/aromatic N) is 2. The Balaban J connectivity index is 1.60. The number of hydrogen-bond donors (Lipinski definition) is 0. The van der Waals surface area contributed by atoms with Crippen LogP contribution in [0.3, 0.4) is 0 Å². The lowest BCUT2D eigenvalue weighted by Gasteiger charge is -2.19. The summed E-state index contributed by atoms with van der Waals surface area (Å²) in [5.74, 6) is 6.98. The lowest BCUT2D eigenvalue weighted by atomic mass is 10.0. The Morgan fingerprint density at radius 1 is 0.526 bits per heavy atom. The topological polar surface area (TPSA) is 25.8 Å². The van der Waals surface area contributed by atoms with Crippen molar-refractivity contribution < 1.29 is 0 Å². The van der Waals surface area contributed by atoms with Gasteiger partial charge < -0.3 is 0 Å². The monoisotopic (exact) mass is 568 g/mol. The van der Waals surface area contributed by atoms with Gasteiger partial charge in [-0.3, -0.25) is 0 Å². The summed E-state index contributed by atoms with van der Waals surface area (Å²) in [6, 6.07) is 20.7. The number of fused-ring (bicyclic) bond motifs is 7. The van der Waals surface area contributed by atoms with Gasteiger partial charge in [0.1, 0.15) is 16.1 Å². The van der Waals surface area contributed by atoms with E-state index in [1.165, 1.54) is 67.2 Å². The molecule has 0 radical (unpaired) electrons. The Morgan fingerprint density at radius 3 is 1.21 bits per heavy atom. The molecule has 0 aliphatic rings. The zero-order valence-corrected chi connectivity index (χ0v) is 27.1. The third-order valence-corrected chi connectivity index (χ3v) is 20.1. The molecule has 0 spiro atoms. The first-order chi connectivity index (χ1) is 18.4. The zero-order valence-electron chi connectivity index (χ0n) is 23.4. The Kier molecular flexibility index (Phi) is 7.80. The highest BCUT2D eigenvalue weighted by Crippen LogP contribution is 2.37. The summed E-state index contributed by atoms with van der Waals surface area (Å²) < 4.78 is 2.42. The molecule has 0 aliphatic heterocycles. The summed E-state index contributed by atoms with van der Waals surface area (Å²) in [7, 11) is -2.99. The fourth-order valence-electron chi connectivity index (χ4n) is 5.51.